The molecule has 0 atom stereocenters. The smallest absolute Gasteiger partial charge is 0.258 e. The van der Waals surface area contributed by atoms with Crippen molar-refractivity contribution in [2.24, 2.45) is 0 Å². The molecule has 0 unspecified atom stereocenters. The normalized spacial score (nSPS) is 16.3. The maximum absolute atomic E-state index is 14.4. The van der Waals surface area contributed by atoms with Gasteiger partial charge in [-0.15, -0.1) is 0 Å². The summed E-state index contributed by atoms with van der Waals surface area (Å²) < 4.78 is 42.3. The highest BCUT2D eigenvalue weighted by Crippen LogP contribution is 2.48. The Morgan fingerprint density at radius 2 is 1.70 bits per heavy atom. The van der Waals surface area contributed by atoms with E-state index in [0.29, 0.717) is 42.7 Å². The van der Waals surface area contributed by atoms with Crippen LogP contribution in [0.4, 0.5) is 18.9 Å². The molecule has 0 N–H and O–H groups in total. The monoisotopic (exact) mass is 507 g/mol. The molecule has 5 nitrogen and oxygen atoms in total. The molecular formula is C29H28F3N3O2. The molecule has 192 valence electrons. The Kier molecular flexibility index (Phi) is 6.30. The van der Waals surface area contributed by atoms with Crippen LogP contribution in [0.1, 0.15) is 63.0 Å². The minimum absolute atomic E-state index is 0.0610. The summed E-state index contributed by atoms with van der Waals surface area (Å²) in [7, 11) is 0. The van der Waals surface area contributed by atoms with Crippen LogP contribution in [-0.4, -0.2) is 41.3 Å². The van der Waals surface area contributed by atoms with Crippen LogP contribution in [0.25, 0.3) is 0 Å². The second-order valence-electron chi connectivity index (χ2n) is 10.0. The molecule has 2 amide bonds. The van der Waals surface area contributed by atoms with Gasteiger partial charge in [-0.1, -0.05) is 6.92 Å². The molecule has 1 spiro atoms. The van der Waals surface area contributed by atoms with E-state index in [1.54, 1.807) is 17.0 Å². The van der Waals surface area contributed by atoms with Crippen LogP contribution in [-0.2, 0) is 11.8 Å². The number of aryl methyl sites for hydroxylation is 2. The molecule has 0 saturated carbocycles. The predicted molar refractivity (Wildman–Crippen MR) is 134 cm³/mol. The van der Waals surface area contributed by atoms with Gasteiger partial charge < -0.3 is 9.80 Å². The van der Waals surface area contributed by atoms with Gasteiger partial charge >= 0.3 is 0 Å². The number of pyridine rings is 1. The number of anilines is 1. The van der Waals surface area contributed by atoms with Crippen molar-refractivity contribution in [1.29, 1.82) is 0 Å². The highest BCUT2D eigenvalue weighted by molar-refractivity contribution is 6.08. The molecule has 5 rings (SSSR count). The SMILES string of the molecule is CCc1cc(C(=O)N2CCC3(CC2)CN(C(=O)c2ccc(F)c(F)c2C)c2ccc(F)cc23)cc(C)n1. The van der Waals surface area contributed by atoms with Crippen molar-refractivity contribution in [3.63, 3.8) is 0 Å². The van der Waals surface area contributed by atoms with E-state index >= 15 is 0 Å². The lowest BCUT2D eigenvalue weighted by atomic mass is 9.74. The first-order chi connectivity index (χ1) is 17.6. The summed E-state index contributed by atoms with van der Waals surface area (Å²) in [5.41, 5.74) is 2.99. The van der Waals surface area contributed by atoms with E-state index in [1.807, 2.05) is 19.9 Å². The maximum Gasteiger partial charge on any atom is 0.258 e. The second-order valence-corrected chi connectivity index (χ2v) is 10.0. The van der Waals surface area contributed by atoms with Crippen LogP contribution in [0.15, 0.2) is 42.5 Å². The number of nitrogens with zero attached hydrogens (tertiary/aromatic N) is 3. The van der Waals surface area contributed by atoms with Gasteiger partial charge in [-0.05, 0) is 81.1 Å². The molecule has 2 aliphatic heterocycles. The highest BCUT2D eigenvalue weighted by Gasteiger charge is 2.47. The van der Waals surface area contributed by atoms with Gasteiger partial charge in [-0.25, -0.2) is 13.2 Å². The molecule has 2 aromatic carbocycles. The van der Waals surface area contributed by atoms with E-state index in [1.165, 1.54) is 30.0 Å². The van der Waals surface area contributed by atoms with Crippen molar-refractivity contribution in [2.45, 2.75) is 45.4 Å². The summed E-state index contributed by atoms with van der Waals surface area (Å²) >= 11 is 0. The predicted octanol–water partition coefficient (Wildman–Crippen LogP) is 5.51. The number of piperidine rings is 1. The zero-order valence-corrected chi connectivity index (χ0v) is 21.1. The number of carbonyl (C=O) groups excluding carboxylic acids is 2. The lowest BCUT2D eigenvalue weighted by molar-refractivity contribution is 0.0670. The van der Waals surface area contributed by atoms with Crippen molar-refractivity contribution < 1.29 is 22.8 Å². The molecule has 1 aromatic heterocycles. The molecule has 3 aromatic rings. The molecule has 3 heterocycles. The number of likely N-dealkylation sites (tertiary alicyclic amines) is 1. The fourth-order valence-electron chi connectivity index (χ4n) is 5.64. The van der Waals surface area contributed by atoms with Crippen molar-refractivity contribution >= 4 is 17.5 Å². The Bertz CT molecular complexity index is 1410. The van der Waals surface area contributed by atoms with Crippen LogP contribution >= 0.6 is 0 Å². The fraction of sp³-hybridized carbons (Fsp3) is 0.345. The third-order valence-electron chi connectivity index (χ3n) is 7.72. The summed E-state index contributed by atoms with van der Waals surface area (Å²) in [4.78, 5) is 34.6. The minimum Gasteiger partial charge on any atom is -0.339 e. The number of fused-ring (bicyclic) bond motifs is 2. The van der Waals surface area contributed by atoms with E-state index in [2.05, 4.69) is 4.98 Å². The fourth-order valence-corrected chi connectivity index (χ4v) is 5.64. The summed E-state index contributed by atoms with van der Waals surface area (Å²) in [5, 5.41) is 0. The number of hydrogen-bond acceptors (Lipinski definition) is 3. The van der Waals surface area contributed by atoms with Crippen LogP contribution in [0.5, 0.6) is 0 Å². The van der Waals surface area contributed by atoms with E-state index in [9.17, 15) is 22.8 Å². The average Bonchev–Trinajstić information content (AvgIpc) is 3.19. The molecule has 0 bridgehead atoms. The van der Waals surface area contributed by atoms with Crippen LogP contribution in [0.3, 0.4) is 0 Å². The van der Waals surface area contributed by atoms with E-state index < -0.39 is 28.8 Å². The van der Waals surface area contributed by atoms with Crippen LogP contribution in [0.2, 0.25) is 0 Å². The van der Waals surface area contributed by atoms with Crippen molar-refractivity contribution in [3.8, 4) is 0 Å². The van der Waals surface area contributed by atoms with Gasteiger partial charge in [0.25, 0.3) is 11.8 Å². The third-order valence-corrected chi connectivity index (χ3v) is 7.72. The summed E-state index contributed by atoms with van der Waals surface area (Å²) in [5.74, 6) is -3.00. The van der Waals surface area contributed by atoms with Crippen molar-refractivity contribution in [2.75, 3.05) is 24.5 Å². The van der Waals surface area contributed by atoms with Gasteiger partial charge in [-0.3, -0.25) is 14.6 Å². The molecule has 37 heavy (non-hydrogen) atoms. The number of rotatable bonds is 3. The first kappa shape index (κ1) is 25.0. The van der Waals surface area contributed by atoms with Gasteiger partial charge in [0.05, 0.1) is 0 Å². The number of carbonyl (C=O) groups is 2. The summed E-state index contributed by atoms with van der Waals surface area (Å²) in [6.07, 6.45) is 1.82. The zero-order chi connectivity index (χ0) is 26.5. The van der Waals surface area contributed by atoms with Crippen molar-refractivity contribution in [1.82, 2.24) is 9.88 Å². The molecular weight excluding hydrogens is 479 g/mol. The average molecular weight is 508 g/mol. The first-order valence-corrected chi connectivity index (χ1v) is 12.5. The summed E-state index contributed by atoms with van der Waals surface area (Å²) in [6, 6.07) is 10.2. The molecule has 2 aliphatic rings. The Morgan fingerprint density at radius 1 is 0.973 bits per heavy atom. The number of aromatic nitrogens is 1. The largest absolute Gasteiger partial charge is 0.339 e. The zero-order valence-electron chi connectivity index (χ0n) is 21.1. The lowest BCUT2D eigenvalue weighted by Crippen LogP contribution is -2.48. The van der Waals surface area contributed by atoms with Gasteiger partial charge in [0.2, 0.25) is 0 Å². The maximum atomic E-state index is 14.4. The van der Waals surface area contributed by atoms with E-state index in [4.69, 9.17) is 0 Å². The molecule has 1 saturated heterocycles. The van der Waals surface area contributed by atoms with Gasteiger partial charge in [0.15, 0.2) is 11.6 Å². The molecule has 0 aliphatic carbocycles. The minimum atomic E-state index is -1.05. The van der Waals surface area contributed by atoms with Gasteiger partial charge in [0, 0.05) is 58.8 Å². The Hall–Kier alpha value is -3.68. The number of halogens is 3. The summed E-state index contributed by atoms with van der Waals surface area (Å²) in [6.45, 7) is 6.41. The number of benzene rings is 2. The molecule has 1 fully saturated rings. The Balaban J connectivity index is 1.42. The Labute approximate surface area is 213 Å². The second kappa shape index (κ2) is 9.32. The standard InChI is InChI=1S/C29H28F3N3O2/c1-4-21-14-19(13-17(2)33-21)27(36)34-11-9-29(10-12-34)16-35(25-8-5-20(30)15-23(25)29)28(37)22-6-7-24(31)26(32)18(22)3/h5-8,13-15H,4,9-12,16H2,1-3H3. The topological polar surface area (TPSA) is 53.5 Å². The van der Waals surface area contributed by atoms with Crippen LogP contribution < -0.4 is 4.90 Å². The number of amides is 2. The third kappa shape index (κ3) is 4.28. The van der Waals surface area contributed by atoms with Gasteiger partial charge in [-0.2, -0.15) is 0 Å². The van der Waals surface area contributed by atoms with E-state index in [-0.39, 0.29) is 23.6 Å². The van der Waals surface area contributed by atoms with Crippen LogP contribution in [0, 0.1) is 31.3 Å². The van der Waals surface area contributed by atoms with Gasteiger partial charge in [0.1, 0.15) is 5.82 Å². The Morgan fingerprint density at radius 3 is 2.41 bits per heavy atom. The quantitative estimate of drug-likeness (QED) is 0.470. The number of hydrogen-bond donors (Lipinski definition) is 0. The van der Waals surface area contributed by atoms with E-state index in [0.717, 1.165) is 23.9 Å². The highest BCUT2D eigenvalue weighted by atomic mass is 19.2. The first-order valence-electron chi connectivity index (χ1n) is 12.5. The lowest BCUT2D eigenvalue weighted by Gasteiger charge is -2.40. The van der Waals surface area contributed by atoms with Crippen molar-refractivity contribution in [3.05, 3.63) is 93.6 Å². The molecule has 0 radical (unpaired) electrons. The molecule has 8 heteroatoms.